The minimum atomic E-state index is -1.50. The molecule has 21 heavy (non-hydrogen) atoms. The summed E-state index contributed by atoms with van der Waals surface area (Å²) < 4.78 is 38.8. The summed E-state index contributed by atoms with van der Waals surface area (Å²) in [6.45, 7) is 2.19. The first kappa shape index (κ1) is 17.3. The summed E-state index contributed by atoms with van der Waals surface area (Å²) in [5, 5.41) is 11.7. The second-order valence-electron chi connectivity index (χ2n) is 4.91. The van der Waals surface area contributed by atoms with Gasteiger partial charge in [-0.3, -0.25) is 0 Å². The van der Waals surface area contributed by atoms with Gasteiger partial charge in [0.1, 0.15) is 0 Å². The van der Waals surface area contributed by atoms with Gasteiger partial charge in [-0.25, -0.2) is 18.0 Å². The number of carbonyl (C=O) groups is 1. The number of nitrogens with zero attached hydrogens (tertiary/aromatic N) is 1. The predicted molar refractivity (Wildman–Crippen MR) is 72.3 cm³/mol. The van der Waals surface area contributed by atoms with E-state index in [1.165, 1.54) is 4.90 Å². The summed E-state index contributed by atoms with van der Waals surface area (Å²) in [5.74, 6) is -3.99. The van der Waals surface area contributed by atoms with Crippen molar-refractivity contribution in [3.63, 3.8) is 0 Å². The molecule has 2 amide bonds. The Morgan fingerprint density at radius 1 is 1.33 bits per heavy atom. The smallest absolute Gasteiger partial charge is 0.317 e. The van der Waals surface area contributed by atoms with Gasteiger partial charge in [-0.2, -0.15) is 0 Å². The van der Waals surface area contributed by atoms with Gasteiger partial charge in [0.2, 0.25) is 0 Å². The number of hydrogen-bond acceptors (Lipinski definition) is 2. The number of carbonyl (C=O) groups excluding carboxylic acids is 1. The Labute approximate surface area is 121 Å². The molecule has 118 valence electrons. The maximum Gasteiger partial charge on any atom is 0.317 e. The van der Waals surface area contributed by atoms with Gasteiger partial charge < -0.3 is 15.3 Å². The molecule has 0 radical (unpaired) electrons. The maximum atomic E-state index is 13.0. The molecule has 0 bridgehead atoms. The Kier molecular flexibility index (Phi) is 6.48. The van der Waals surface area contributed by atoms with Crippen molar-refractivity contribution < 1.29 is 23.1 Å². The van der Waals surface area contributed by atoms with Gasteiger partial charge in [0.15, 0.2) is 17.5 Å². The summed E-state index contributed by atoms with van der Waals surface area (Å²) >= 11 is 0. The third-order valence-corrected chi connectivity index (χ3v) is 2.96. The number of urea groups is 1. The summed E-state index contributed by atoms with van der Waals surface area (Å²) in [4.78, 5) is 13.1. The number of halogens is 3. The van der Waals surface area contributed by atoms with Gasteiger partial charge >= 0.3 is 6.03 Å². The van der Waals surface area contributed by atoms with Crippen LogP contribution in [-0.4, -0.2) is 42.3 Å². The van der Waals surface area contributed by atoms with E-state index in [0.29, 0.717) is 13.0 Å². The average molecular weight is 304 g/mol. The topological polar surface area (TPSA) is 52.6 Å². The molecule has 1 aromatic carbocycles. The molecule has 1 rings (SSSR count). The van der Waals surface area contributed by atoms with E-state index in [-0.39, 0.29) is 24.6 Å². The van der Waals surface area contributed by atoms with Crippen molar-refractivity contribution in [3.8, 4) is 0 Å². The fourth-order valence-corrected chi connectivity index (χ4v) is 1.68. The second kappa shape index (κ2) is 7.87. The molecule has 2 N–H and O–H groups in total. The van der Waals surface area contributed by atoms with E-state index in [1.807, 2.05) is 0 Å². The molecule has 0 saturated carbocycles. The van der Waals surface area contributed by atoms with E-state index in [1.54, 1.807) is 14.0 Å². The third kappa shape index (κ3) is 5.63. The fraction of sp³-hybridized carbons (Fsp3) is 0.500. The lowest BCUT2D eigenvalue weighted by Gasteiger charge is -2.18. The molecule has 1 atom stereocenters. The average Bonchev–Trinajstić information content (AvgIpc) is 2.41. The standard InChI is InChI=1S/C14H19F3N2O2/c1-9(20)4-6-19(2)14(21)18-5-3-10-7-11(15)13(17)12(16)8-10/h7-9,20H,3-6H2,1-2H3,(H,18,21). The predicted octanol–water partition coefficient (Wildman–Crippen LogP) is 2.06. The number of aliphatic hydroxyl groups is 1. The SMILES string of the molecule is CC(O)CCN(C)C(=O)NCCc1cc(F)c(F)c(F)c1. The molecule has 0 aromatic heterocycles. The van der Waals surface area contributed by atoms with E-state index in [9.17, 15) is 18.0 Å². The lowest BCUT2D eigenvalue weighted by molar-refractivity contribution is 0.163. The van der Waals surface area contributed by atoms with Crippen LogP contribution in [0.4, 0.5) is 18.0 Å². The van der Waals surface area contributed by atoms with E-state index in [2.05, 4.69) is 5.32 Å². The zero-order valence-corrected chi connectivity index (χ0v) is 12.0. The number of nitrogens with one attached hydrogen (secondary N) is 1. The minimum absolute atomic E-state index is 0.169. The first-order valence-corrected chi connectivity index (χ1v) is 6.61. The van der Waals surface area contributed by atoms with Crippen molar-refractivity contribution in [1.82, 2.24) is 10.2 Å². The first-order valence-electron chi connectivity index (χ1n) is 6.61. The highest BCUT2D eigenvalue weighted by Crippen LogP contribution is 2.13. The number of benzene rings is 1. The molecule has 7 heteroatoms. The van der Waals surface area contributed by atoms with Crippen molar-refractivity contribution >= 4 is 6.03 Å². The molecule has 0 heterocycles. The fourth-order valence-electron chi connectivity index (χ4n) is 1.68. The molecule has 1 unspecified atom stereocenters. The molecule has 0 spiro atoms. The number of rotatable bonds is 6. The second-order valence-corrected chi connectivity index (χ2v) is 4.91. The number of aliphatic hydroxyl groups excluding tert-OH is 1. The van der Waals surface area contributed by atoms with Crippen LogP contribution in [0.3, 0.4) is 0 Å². The summed E-state index contributed by atoms with van der Waals surface area (Å²) in [5.41, 5.74) is 0.262. The Bertz CT molecular complexity index is 472. The minimum Gasteiger partial charge on any atom is -0.393 e. The van der Waals surface area contributed by atoms with Crippen LogP contribution in [0.2, 0.25) is 0 Å². The van der Waals surface area contributed by atoms with Crippen LogP contribution < -0.4 is 5.32 Å². The van der Waals surface area contributed by atoms with Crippen molar-refractivity contribution in [2.24, 2.45) is 0 Å². The lowest BCUT2D eigenvalue weighted by atomic mass is 10.1. The van der Waals surface area contributed by atoms with Crippen LogP contribution in [0.25, 0.3) is 0 Å². The molecule has 0 saturated heterocycles. The summed E-state index contributed by atoms with van der Waals surface area (Å²) in [6.07, 6.45) is 0.146. The molecule has 0 aliphatic rings. The monoisotopic (exact) mass is 304 g/mol. The van der Waals surface area contributed by atoms with Gasteiger partial charge in [0.05, 0.1) is 6.10 Å². The van der Waals surface area contributed by atoms with Crippen LogP contribution >= 0.6 is 0 Å². The van der Waals surface area contributed by atoms with E-state index >= 15 is 0 Å². The number of hydrogen-bond donors (Lipinski definition) is 2. The van der Waals surface area contributed by atoms with E-state index in [4.69, 9.17) is 5.11 Å². The van der Waals surface area contributed by atoms with Gasteiger partial charge in [0.25, 0.3) is 0 Å². The zero-order chi connectivity index (χ0) is 16.0. The van der Waals surface area contributed by atoms with Crippen LogP contribution in [-0.2, 0) is 6.42 Å². The normalized spacial score (nSPS) is 12.1. The van der Waals surface area contributed by atoms with Gasteiger partial charge in [-0.15, -0.1) is 0 Å². The largest absolute Gasteiger partial charge is 0.393 e. The molecule has 0 aliphatic carbocycles. The Morgan fingerprint density at radius 3 is 2.43 bits per heavy atom. The Morgan fingerprint density at radius 2 is 1.90 bits per heavy atom. The Hall–Kier alpha value is -1.76. The quantitative estimate of drug-likeness (QED) is 0.790. The lowest BCUT2D eigenvalue weighted by Crippen LogP contribution is -2.39. The van der Waals surface area contributed by atoms with E-state index < -0.39 is 23.6 Å². The van der Waals surface area contributed by atoms with Crippen molar-refractivity contribution in [2.45, 2.75) is 25.9 Å². The molecule has 0 aliphatic heterocycles. The highest BCUT2D eigenvalue weighted by Gasteiger charge is 2.12. The van der Waals surface area contributed by atoms with Crippen LogP contribution in [0.1, 0.15) is 18.9 Å². The van der Waals surface area contributed by atoms with Gasteiger partial charge in [0, 0.05) is 20.1 Å². The molecule has 4 nitrogen and oxygen atoms in total. The van der Waals surface area contributed by atoms with Crippen molar-refractivity contribution in [3.05, 3.63) is 35.1 Å². The van der Waals surface area contributed by atoms with E-state index in [0.717, 1.165) is 12.1 Å². The number of amides is 2. The molecule has 0 fully saturated rings. The highest BCUT2D eigenvalue weighted by atomic mass is 19.2. The molecule has 1 aromatic rings. The molecular formula is C14H19F3N2O2. The summed E-state index contributed by atoms with van der Waals surface area (Å²) in [7, 11) is 1.58. The van der Waals surface area contributed by atoms with Crippen LogP contribution in [0.5, 0.6) is 0 Å². The molecular weight excluding hydrogens is 285 g/mol. The zero-order valence-electron chi connectivity index (χ0n) is 12.0. The van der Waals surface area contributed by atoms with Crippen LogP contribution in [0.15, 0.2) is 12.1 Å². The van der Waals surface area contributed by atoms with Crippen molar-refractivity contribution in [2.75, 3.05) is 20.1 Å². The first-order chi connectivity index (χ1) is 9.81. The Balaban J connectivity index is 2.41. The van der Waals surface area contributed by atoms with Crippen molar-refractivity contribution in [1.29, 1.82) is 0 Å². The van der Waals surface area contributed by atoms with Crippen LogP contribution in [0, 0.1) is 17.5 Å². The van der Waals surface area contributed by atoms with Gasteiger partial charge in [-0.1, -0.05) is 0 Å². The third-order valence-electron chi connectivity index (χ3n) is 2.96. The summed E-state index contributed by atoms with van der Waals surface area (Å²) in [6, 6.07) is 1.46. The highest BCUT2D eigenvalue weighted by molar-refractivity contribution is 5.73. The maximum absolute atomic E-state index is 13.0. The van der Waals surface area contributed by atoms with Gasteiger partial charge in [-0.05, 0) is 37.5 Å².